The number of amides is 1. The van der Waals surface area contributed by atoms with E-state index in [-0.39, 0.29) is 11.8 Å². The van der Waals surface area contributed by atoms with E-state index in [2.05, 4.69) is 29.4 Å². The molecule has 0 radical (unpaired) electrons. The summed E-state index contributed by atoms with van der Waals surface area (Å²) in [5.41, 5.74) is 2.96. The van der Waals surface area contributed by atoms with Crippen LogP contribution in [0.3, 0.4) is 0 Å². The Bertz CT molecular complexity index is 685. The van der Waals surface area contributed by atoms with E-state index in [1.807, 2.05) is 24.3 Å². The summed E-state index contributed by atoms with van der Waals surface area (Å²) >= 11 is 1.68. The lowest BCUT2D eigenvalue weighted by Gasteiger charge is -2.20. The zero-order chi connectivity index (χ0) is 17.6. The van der Waals surface area contributed by atoms with Crippen molar-refractivity contribution in [3.8, 4) is 11.3 Å². The van der Waals surface area contributed by atoms with Crippen LogP contribution in [0, 0.1) is 5.92 Å². The van der Waals surface area contributed by atoms with Gasteiger partial charge in [0.15, 0.2) is 5.13 Å². The van der Waals surface area contributed by atoms with E-state index in [0.29, 0.717) is 0 Å². The lowest BCUT2D eigenvalue weighted by molar-refractivity contribution is -0.120. The zero-order valence-electron chi connectivity index (χ0n) is 15.1. The molecule has 0 saturated heterocycles. The van der Waals surface area contributed by atoms with E-state index in [4.69, 9.17) is 4.98 Å². The maximum Gasteiger partial charge on any atom is 0.227 e. The number of rotatable bonds is 6. The van der Waals surface area contributed by atoms with Crippen molar-refractivity contribution in [3.05, 3.63) is 29.6 Å². The van der Waals surface area contributed by atoms with Crippen molar-refractivity contribution >= 4 is 28.1 Å². The first kappa shape index (κ1) is 17.9. The molecule has 0 unspecified atom stereocenters. The minimum atomic E-state index is 0.171. The van der Waals surface area contributed by atoms with Crippen LogP contribution >= 0.6 is 11.3 Å². The van der Waals surface area contributed by atoms with E-state index in [1.54, 1.807) is 11.3 Å². The van der Waals surface area contributed by atoms with Crippen LogP contribution in [0.1, 0.15) is 46.0 Å². The Kier molecular flexibility index (Phi) is 6.08. The van der Waals surface area contributed by atoms with Crippen LogP contribution < -0.4 is 10.2 Å². The largest absolute Gasteiger partial charge is 0.349 e. The first-order valence-electron chi connectivity index (χ1n) is 9.33. The minimum Gasteiger partial charge on any atom is -0.349 e. The molecule has 134 valence electrons. The fourth-order valence-corrected chi connectivity index (χ4v) is 4.33. The van der Waals surface area contributed by atoms with Gasteiger partial charge in [0.05, 0.1) is 5.69 Å². The normalized spacial score (nSPS) is 15.1. The van der Waals surface area contributed by atoms with Crippen molar-refractivity contribution in [2.45, 2.75) is 46.0 Å². The number of benzene rings is 1. The van der Waals surface area contributed by atoms with Crippen molar-refractivity contribution < 1.29 is 4.79 Å². The maximum absolute atomic E-state index is 12.3. The monoisotopic (exact) mass is 357 g/mol. The highest BCUT2D eigenvalue weighted by atomic mass is 32.1. The lowest BCUT2D eigenvalue weighted by atomic mass is 9.88. The number of carbonyl (C=O) groups excluding carboxylic acids is 1. The van der Waals surface area contributed by atoms with E-state index in [1.165, 1.54) is 19.3 Å². The van der Waals surface area contributed by atoms with Gasteiger partial charge >= 0.3 is 0 Å². The van der Waals surface area contributed by atoms with Crippen molar-refractivity contribution in [1.29, 1.82) is 0 Å². The van der Waals surface area contributed by atoms with Gasteiger partial charge in [-0.25, -0.2) is 4.98 Å². The SMILES string of the molecule is CCN(CC)c1nc(-c2ccc(NC(=O)C3CCCCC3)cc2)cs1. The Morgan fingerprint density at radius 2 is 1.84 bits per heavy atom. The number of aromatic nitrogens is 1. The third-order valence-corrected chi connectivity index (χ3v) is 5.85. The summed E-state index contributed by atoms with van der Waals surface area (Å²) in [6, 6.07) is 8.04. The molecule has 25 heavy (non-hydrogen) atoms. The number of hydrogen-bond acceptors (Lipinski definition) is 4. The highest BCUT2D eigenvalue weighted by molar-refractivity contribution is 7.14. The van der Waals surface area contributed by atoms with E-state index < -0.39 is 0 Å². The Labute approximate surface area is 154 Å². The van der Waals surface area contributed by atoms with E-state index in [0.717, 1.165) is 48.0 Å². The van der Waals surface area contributed by atoms with E-state index >= 15 is 0 Å². The molecule has 1 aromatic carbocycles. The predicted molar refractivity (Wildman–Crippen MR) is 106 cm³/mol. The standard InChI is InChI=1S/C20H27N3OS/c1-3-23(4-2)20-22-18(14-25-20)15-10-12-17(13-11-15)21-19(24)16-8-6-5-7-9-16/h10-14,16H,3-9H2,1-2H3,(H,21,24). The number of thiazole rings is 1. The summed E-state index contributed by atoms with van der Waals surface area (Å²) in [7, 11) is 0. The molecule has 0 aliphatic heterocycles. The Hall–Kier alpha value is -1.88. The van der Waals surface area contributed by atoms with Crippen molar-refractivity contribution in [3.63, 3.8) is 0 Å². The summed E-state index contributed by atoms with van der Waals surface area (Å²) in [6.07, 6.45) is 5.67. The highest BCUT2D eigenvalue weighted by Gasteiger charge is 2.21. The van der Waals surface area contributed by atoms with Crippen molar-refractivity contribution in [2.75, 3.05) is 23.3 Å². The van der Waals surface area contributed by atoms with Gasteiger partial charge in [-0.3, -0.25) is 4.79 Å². The molecule has 3 rings (SSSR count). The Morgan fingerprint density at radius 3 is 2.48 bits per heavy atom. The Balaban J connectivity index is 1.65. The first-order valence-corrected chi connectivity index (χ1v) is 10.2. The fourth-order valence-electron chi connectivity index (χ4n) is 3.37. The molecule has 1 saturated carbocycles. The smallest absolute Gasteiger partial charge is 0.227 e. The average Bonchev–Trinajstić information content (AvgIpc) is 3.14. The van der Waals surface area contributed by atoms with Crippen LogP contribution in [0.25, 0.3) is 11.3 Å². The van der Waals surface area contributed by atoms with Crippen LogP contribution in [0.4, 0.5) is 10.8 Å². The quantitative estimate of drug-likeness (QED) is 0.775. The molecule has 5 heteroatoms. The van der Waals surface area contributed by atoms with Gasteiger partial charge in [0.2, 0.25) is 5.91 Å². The van der Waals surface area contributed by atoms with Gasteiger partial charge in [-0.15, -0.1) is 11.3 Å². The zero-order valence-corrected chi connectivity index (χ0v) is 15.9. The molecule has 1 N–H and O–H groups in total. The highest BCUT2D eigenvalue weighted by Crippen LogP contribution is 2.29. The molecule has 0 spiro atoms. The molecule has 1 aromatic heterocycles. The summed E-state index contributed by atoms with van der Waals surface area (Å²) in [5, 5.41) is 6.23. The number of nitrogens with one attached hydrogen (secondary N) is 1. The van der Waals surface area contributed by atoms with Crippen molar-refractivity contribution in [2.24, 2.45) is 5.92 Å². The molecular weight excluding hydrogens is 330 g/mol. The van der Waals surface area contributed by atoms with Gasteiger partial charge in [0.25, 0.3) is 0 Å². The molecule has 1 heterocycles. The molecule has 0 bridgehead atoms. The first-order chi connectivity index (χ1) is 12.2. The predicted octanol–water partition coefficient (Wildman–Crippen LogP) is 5.18. The van der Waals surface area contributed by atoms with Crippen molar-refractivity contribution in [1.82, 2.24) is 4.98 Å². The van der Waals surface area contributed by atoms with Crippen LogP contribution in [0.5, 0.6) is 0 Å². The van der Waals surface area contributed by atoms with Gasteiger partial charge < -0.3 is 10.2 Å². The summed E-state index contributed by atoms with van der Waals surface area (Å²) in [6.45, 7) is 6.23. The van der Waals surface area contributed by atoms with Crippen LogP contribution in [-0.4, -0.2) is 24.0 Å². The summed E-state index contributed by atoms with van der Waals surface area (Å²) in [4.78, 5) is 19.3. The van der Waals surface area contributed by atoms with Gasteiger partial charge in [-0.05, 0) is 38.8 Å². The third-order valence-electron chi connectivity index (χ3n) is 4.95. The third kappa shape index (κ3) is 4.40. The molecule has 0 atom stereocenters. The van der Waals surface area contributed by atoms with Gasteiger partial charge in [-0.2, -0.15) is 0 Å². The maximum atomic E-state index is 12.3. The molecule has 1 aliphatic rings. The van der Waals surface area contributed by atoms with Gasteiger partial charge in [-0.1, -0.05) is 31.4 Å². The topological polar surface area (TPSA) is 45.2 Å². The summed E-state index contributed by atoms with van der Waals surface area (Å²) < 4.78 is 0. The van der Waals surface area contributed by atoms with E-state index in [9.17, 15) is 4.79 Å². The molecular formula is C20H27N3OS. The summed E-state index contributed by atoms with van der Waals surface area (Å²) in [5.74, 6) is 0.355. The number of carbonyl (C=O) groups is 1. The second-order valence-electron chi connectivity index (χ2n) is 6.59. The number of anilines is 2. The molecule has 2 aromatic rings. The van der Waals surface area contributed by atoms with Gasteiger partial charge in [0.1, 0.15) is 0 Å². The van der Waals surface area contributed by atoms with Crippen LogP contribution in [0.2, 0.25) is 0 Å². The van der Waals surface area contributed by atoms with Crippen LogP contribution in [0.15, 0.2) is 29.6 Å². The molecule has 4 nitrogen and oxygen atoms in total. The molecule has 1 amide bonds. The minimum absolute atomic E-state index is 0.171. The number of hydrogen-bond donors (Lipinski definition) is 1. The lowest BCUT2D eigenvalue weighted by Crippen LogP contribution is -2.24. The van der Waals surface area contributed by atoms with Gasteiger partial charge in [0, 0.05) is 35.6 Å². The second kappa shape index (κ2) is 8.48. The molecule has 1 fully saturated rings. The Morgan fingerprint density at radius 1 is 1.16 bits per heavy atom. The fraction of sp³-hybridized carbons (Fsp3) is 0.500. The number of nitrogens with zero attached hydrogens (tertiary/aromatic N) is 2. The van der Waals surface area contributed by atoms with Crippen LogP contribution in [-0.2, 0) is 4.79 Å². The molecule has 1 aliphatic carbocycles. The second-order valence-corrected chi connectivity index (χ2v) is 7.43. The average molecular weight is 358 g/mol.